The fourth-order valence-electron chi connectivity index (χ4n) is 9.15. The molecular formula is C58H35B4NO. The third-order valence-electron chi connectivity index (χ3n) is 12.4. The first-order valence-electron chi connectivity index (χ1n) is 21.3. The molecule has 0 aliphatic heterocycles. The van der Waals surface area contributed by atoms with Crippen molar-refractivity contribution < 1.29 is 4.42 Å². The van der Waals surface area contributed by atoms with E-state index in [0.29, 0.717) is 33.1 Å². The molecule has 11 aromatic rings. The summed E-state index contributed by atoms with van der Waals surface area (Å²) in [7, 11) is 28.6. The van der Waals surface area contributed by atoms with Gasteiger partial charge < -0.3 is 9.32 Å². The minimum absolute atomic E-state index is 0.326. The second-order valence-electron chi connectivity index (χ2n) is 16.1. The van der Waals surface area contributed by atoms with Gasteiger partial charge in [0.15, 0.2) is 0 Å². The monoisotopic (exact) mass is 805 g/mol. The smallest absolute Gasteiger partial charge is 0.143 e. The van der Waals surface area contributed by atoms with Crippen LogP contribution in [0.3, 0.4) is 0 Å². The van der Waals surface area contributed by atoms with Crippen molar-refractivity contribution in [3.8, 4) is 55.6 Å². The third kappa shape index (κ3) is 6.83. The summed E-state index contributed by atoms with van der Waals surface area (Å²) >= 11 is 0. The van der Waals surface area contributed by atoms with Gasteiger partial charge in [-0.1, -0.05) is 192 Å². The summed E-state index contributed by atoms with van der Waals surface area (Å²) in [5, 5.41) is 4.31. The Balaban J connectivity index is 1.06. The highest BCUT2D eigenvalue weighted by atomic mass is 16.3. The van der Waals surface area contributed by atoms with Gasteiger partial charge in [0.2, 0.25) is 0 Å². The number of anilines is 3. The van der Waals surface area contributed by atoms with Gasteiger partial charge >= 0.3 is 0 Å². The Morgan fingerprint density at radius 2 is 0.875 bits per heavy atom. The van der Waals surface area contributed by atoms with E-state index in [9.17, 15) is 0 Å². The highest BCUT2D eigenvalue weighted by Gasteiger charge is 2.23. The summed E-state index contributed by atoms with van der Waals surface area (Å²) < 4.78 is 6.59. The lowest BCUT2D eigenvalue weighted by Gasteiger charge is -2.33. The molecule has 2 nitrogen and oxygen atoms in total. The molecule has 0 saturated carbocycles. The van der Waals surface area contributed by atoms with Crippen LogP contribution in [0.5, 0.6) is 0 Å². The molecular weight excluding hydrogens is 770 g/mol. The van der Waals surface area contributed by atoms with Crippen molar-refractivity contribution in [3.63, 3.8) is 0 Å². The average Bonchev–Trinajstić information content (AvgIpc) is 3.75. The number of nitrogens with zero attached hydrogens (tertiary/aromatic N) is 1. The molecule has 1 aromatic heterocycles. The maximum absolute atomic E-state index is 7.20. The van der Waals surface area contributed by atoms with Gasteiger partial charge in [0.1, 0.15) is 42.6 Å². The second kappa shape index (κ2) is 16.2. The van der Waals surface area contributed by atoms with Gasteiger partial charge in [-0.3, -0.25) is 0 Å². The topological polar surface area (TPSA) is 16.4 Å². The quantitative estimate of drug-likeness (QED) is 0.142. The predicted octanol–water partition coefficient (Wildman–Crippen LogP) is 11.7. The Morgan fingerprint density at radius 3 is 1.56 bits per heavy atom. The largest absolute Gasteiger partial charge is 0.455 e. The van der Waals surface area contributed by atoms with Gasteiger partial charge in [-0.2, -0.15) is 0 Å². The average molecular weight is 805 g/mol. The van der Waals surface area contributed by atoms with Gasteiger partial charge in [0.25, 0.3) is 0 Å². The molecule has 0 spiro atoms. The van der Waals surface area contributed by atoms with E-state index in [1.165, 1.54) is 5.56 Å². The molecule has 0 bridgehead atoms. The van der Waals surface area contributed by atoms with Gasteiger partial charge in [-0.05, 0) is 103 Å². The first kappa shape index (κ1) is 39.2. The van der Waals surface area contributed by atoms with Gasteiger partial charge in [-0.15, -0.1) is 0 Å². The Morgan fingerprint density at radius 1 is 0.344 bits per heavy atom. The summed E-state index contributed by atoms with van der Waals surface area (Å²) in [6.07, 6.45) is 0. The Labute approximate surface area is 378 Å². The van der Waals surface area contributed by atoms with Crippen LogP contribution >= 0.6 is 0 Å². The summed E-state index contributed by atoms with van der Waals surface area (Å²) in [6, 6.07) is 73.0. The molecule has 0 atom stereocenters. The number of fused-ring (bicyclic) bond motifs is 5. The number of hydrogen-bond acceptors (Lipinski definition) is 2. The van der Waals surface area contributed by atoms with Crippen molar-refractivity contribution in [1.82, 2.24) is 0 Å². The van der Waals surface area contributed by atoms with Crippen LogP contribution in [-0.2, 0) is 0 Å². The van der Waals surface area contributed by atoms with E-state index in [2.05, 4.69) is 157 Å². The van der Waals surface area contributed by atoms with E-state index in [-0.39, 0.29) is 0 Å². The van der Waals surface area contributed by atoms with Gasteiger partial charge in [0.05, 0.1) is 0 Å². The molecule has 0 aliphatic carbocycles. The van der Waals surface area contributed by atoms with Crippen LogP contribution in [0.2, 0.25) is 0 Å². The van der Waals surface area contributed by atoms with E-state index in [0.717, 1.165) is 88.6 Å². The Kier molecular flexibility index (Phi) is 9.93. The molecule has 0 saturated heterocycles. The normalized spacial score (nSPS) is 11.4. The zero-order chi connectivity index (χ0) is 43.3. The molecule has 8 radical (unpaired) electrons. The molecule has 0 unspecified atom stereocenters. The molecule has 11 rings (SSSR count). The van der Waals surface area contributed by atoms with Gasteiger partial charge in [-0.25, -0.2) is 0 Å². The highest BCUT2D eigenvalue weighted by Crippen LogP contribution is 2.42. The Bertz CT molecular complexity index is 3500. The van der Waals surface area contributed by atoms with E-state index in [1.54, 1.807) is 0 Å². The Hall–Kier alpha value is -7.68. The van der Waals surface area contributed by atoms with Crippen molar-refractivity contribution in [3.05, 3.63) is 212 Å². The van der Waals surface area contributed by atoms with E-state index < -0.39 is 0 Å². The molecule has 290 valence electrons. The second-order valence-corrected chi connectivity index (χ2v) is 16.1. The lowest BCUT2D eigenvalue weighted by Crippen LogP contribution is -2.46. The van der Waals surface area contributed by atoms with Crippen LogP contribution in [0.15, 0.2) is 217 Å². The molecule has 0 N–H and O–H groups in total. The van der Waals surface area contributed by atoms with Crippen molar-refractivity contribution in [1.29, 1.82) is 0 Å². The van der Waals surface area contributed by atoms with E-state index in [1.807, 2.05) is 60.7 Å². The molecule has 0 aliphatic rings. The zero-order valence-corrected chi connectivity index (χ0v) is 34.9. The summed E-state index contributed by atoms with van der Waals surface area (Å²) in [4.78, 5) is 2.06. The summed E-state index contributed by atoms with van der Waals surface area (Å²) in [6.45, 7) is 0. The molecule has 0 fully saturated rings. The molecule has 1 heterocycles. The van der Waals surface area contributed by atoms with Crippen molar-refractivity contribution >= 4 is 103 Å². The number of furan rings is 1. The van der Waals surface area contributed by atoms with E-state index >= 15 is 0 Å². The standard InChI is InChI=1S/C58H35B4NO/c59-53-51(44-19-9-17-42(34-44)37-14-5-2-6-15-37)54(60)56(62)57(55(53)61)63(45-31-28-40(29-32-45)39-26-24-38(25-27-39)36-12-3-1-4-13-36)46-20-10-18-43(35-46)47-22-11-23-50-52(47)49-33-30-41-16-7-8-21-48(41)58(49)64-50/h1-35H. The van der Waals surface area contributed by atoms with Crippen LogP contribution in [0.4, 0.5) is 17.1 Å². The first-order chi connectivity index (χ1) is 31.4. The number of benzene rings is 10. The van der Waals surface area contributed by atoms with Gasteiger partial charge in [0, 0.05) is 33.2 Å². The van der Waals surface area contributed by atoms with Crippen molar-refractivity contribution in [2.45, 2.75) is 0 Å². The summed E-state index contributed by atoms with van der Waals surface area (Å²) in [5.41, 5.74) is 15.3. The minimum atomic E-state index is 0.326. The fraction of sp³-hybridized carbons (Fsp3) is 0. The van der Waals surface area contributed by atoms with Crippen molar-refractivity contribution in [2.24, 2.45) is 0 Å². The van der Waals surface area contributed by atoms with Crippen LogP contribution in [0, 0.1) is 0 Å². The lowest BCUT2D eigenvalue weighted by molar-refractivity contribution is 0.673. The maximum Gasteiger partial charge on any atom is 0.143 e. The maximum atomic E-state index is 7.20. The first-order valence-corrected chi connectivity index (χ1v) is 21.3. The molecule has 0 amide bonds. The molecule has 64 heavy (non-hydrogen) atoms. The van der Waals surface area contributed by atoms with E-state index in [4.69, 9.17) is 35.8 Å². The summed E-state index contributed by atoms with van der Waals surface area (Å²) in [5.74, 6) is 0. The van der Waals surface area contributed by atoms with Crippen LogP contribution in [-0.4, -0.2) is 31.4 Å². The number of rotatable bonds is 8. The van der Waals surface area contributed by atoms with Crippen LogP contribution in [0.1, 0.15) is 0 Å². The van der Waals surface area contributed by atoms with Crippen LogP contribution in [0.25, 0.3) is 88.3 Å². The SMILES string of the molecule is [B]c1c([B])c(N(c2ccc(-c3ccc(-c4ccccc4)cc3)cc2)c2cccc(-c3cccc4oc5c6ccccc6ccc5c34)c2)c([B])c([B])c1-c1cccc(-c2ccccc2)c1. The zero-order valence-electron chi connectivity index (χ0n) is 34.9. The highest BCUT2D eigenvalue weighted by molar-refractivity contribution is 6.63. The molecule has 6 heteroatoms. The lowest BCUT2D eigenvalue weighted by atomic mass is 9.64. The fourth-order valence-corrected chi connectivity index (χ4v) is 9.15. The minimum Gasteiger partial charge on any atom is -0.455 e. The predicted molar refractivity (Wildman–Crippen MR) is 275 cm³/mol. The van der Waals surface area contributed by atoms with Crippen molar-refractivity contribution in [2.75, 3.05) is 4.90 Å². The number of hydrogen-bond donors (Lipinski definition) is 0. The third-order valence-corrected chi connectivity index (χ3v) is 12.4. The van der Waals surface area contributed by atoms with Crippen LogP contribution < -0.4 is 26.8 Å². The molecule has 10 aromatic carbocycles.